The molecule has 1 saturated heterocycles. The summed E-state index contributed by atoms with van der Waals surface area (Å²) in [4.78, 5) is 31.8. The van der Waals surface area contributed by atoms with Crippen molar-refractivity contribution >= 4 is 23.3 Å². The molecule has 3 N–H and O–H groups in total. The van der Waals surface area contributed by atoms with Crippen LogP contribution in [-0.2, 0) is 4.79 Å². The summed E-state index contributed by atoms with van der Waals surface area (Å²) >= 11 is 0. The van der Waals surface area contributed by atoms with Crippen LogP contribution < -0.4 is 15.4 Å². The van der Waals surface area contributed by atoms with Crippen LogP contribution >= 0.6 is 0 Å². The number of aliphatic hydroxyl groups is 1. The van der Waals surface area contributed by atoms with Crippen molar-refractivity contribution in [3.05, 3.63) is 47.8 Å². The summed E-state index contributed by atoms with van der Waals surface area (Å²) in [5.74, 6) is 1.17. The number of aryl methyl sites for hydroxylation is 1. The number of nitrogens with one attached hydrogen (secondary N) is 2. The zero-order chi connectivity index (χ0) is 24.1. The Morgan fingerprint density at radius 3 is 2.59 bits per heavy atom. The number of aliphatic hydroxyl groups excluding tert-OH is 1. The quantitative estimate of drug-likeness (QED) is 0.589. The van der Waals surface area contributed by atoms with Crippen LogP contribution in [0.3, 0.4) is 0 Å². The van der Waals surface area contributed by atoms with Gasteiger partial charge in [0.25, 0.3) is 0 Å². The molecule has 0 bridgehead atoms. The van der Waals surface area contributed by atoms with Crippen molar-refractivity contribution in [2.45, 2.75) is 57.4 Å². The van der Waals surface area contributed by atoms with E-state index in [1.165, 1.54) is 0 Å². The van der Waals surface area contributed by atoms with Gasteiger partial charge < -0.3 is 25.4 Å². The average Bonchev–Trinajstić information content (AvgIpc) is 3.33. The summed E-state index contributed by atoms with van der Waals surface area (Å²) in [5, 5.41) is 15.2. The summed E-state index contributed by atoms with van der Waals surface area (Å²) in [6, 6.07) is 9.05. The van der Waals surface area contributed by atoms with Gasteiger partial charge in [-0.15, -0.1) is 0 Å². The van der Waals surface area contributed by atoms with E-state index in [1.807, 2.05) is 42.2 Å². The number of urea groups is 1. The zero-order valence-electron chi connectivity index (χ0n) is 19.9. The summed E-state index contributed by atoms with van der Waals surface area (Å²) in [5.41, 5.74) is 3.23. The van der Waals surface area contributed by atoms with E-state index in [-0.39, 0.29) is 30.5 Å². The van der Waals surface area contributed by atoms with Crippen LogP contribution in [0.15, 0.2) is 36.5 Å². The molecule has 1 saturated carbocycles. The smallest absolute Gasteiger partial charge is 0.323 e. The first-order valence-corrected chi connectivity index (χ1v) is 12.1. The van der Waals surface area contributed by atoms with Crippen LogP contribution in [0.25, 0.3) is 0 Å². The Morgan fingerprint density at radius 2 is 1.91 bits per heavy atom. The molecule has 2 heterocycles. The molecule has 8 heteroatoms. The fourth-order valence-electron chi connectivity index (χ4n) is 5.11. The number of likely N-dealkylation sites (tertiary alicyclic amines) is 1. The number of ether oxygens (including phenoxy) is 1. The van der Waals surface area contributed by atoms with E-state index in [2.05, 4.69) is 15.6 Å². The van der Waals surface area contributed by atoms with Gasteiger partial charge >= 0.3 is 6.03 Å². The number of aromatic nitrogens is 1. The number of carbonyl (C=O) groups excluding carboxylic acids is 2. The molecule has 34 heavy (non-hydrogen) atoms. The van der Waals surface area contributed by atoms with Gasteiger partial charge in [0.15, 0.2) is 0 Å². The van der Waals surface area contributed by atoms with Gasteiger partial charge in [-0.2, -0.15) is 0 Å². The minimum Gasteiger partial charge on any atom is -0.495 e. The standard InChI is InChI=1S/C26H34N4O4/c1-17-5-12-24(34-2)23(14-17)29-26(33)28-20-10-11-22(27-15-20)18-6-8-19(9-7-18)25(32)30-13-3-4-21(30)16-31/h5,10-12,14-15,18-19,21,31H,3-4,6-9,13,16H2,1-2H3,(H2,28,29,33)/t18-,19-,21-/m0/s1. The van der Waals surface area contributed by atoms with E-state index in [4.69, 9.17) is 4.74 Å². The Bertz CT molecular complexity index is 1000. The van der Waals surface area contributed by atoms with E-state index in [9.17, 15) is 14.7 Å². The lowest BCUT2D eigenvalue weighted by atomic mass is 9.79. The van der Waals surface area contributed by atoms with Crippen LogP contribution in [0.4, 0.5) is 16.2 Å². The van der Waals surface area contributed by atoms with E-state index in [1.54, 1.807) is 13.3 Å². The van der Waals surface area contributed by atoms with Crippen LogP contribution in [0.1, 0.15) is 55.7 Å². The molecular formula is C26H34N4O4. The number of amides is 3. The third-order valence-electron chi connectivity index (χ3n) is 7.01. The van der Waals surface area contributed by atoms with Crippen molar-refractivity contribution < 1.29 is 19.4 Å². The minimum atomic E-state index is -0.361. The highest BCUT2D eigenvalue weighted by Crippen LogP contribution is 2.37. The summed E-state index contributed by atoms with van der Waals surface area (Å²) < 4.78 is 5.31. The molecule has 0 spiro atoms. The number of pyridine rings is 1. The second-order valence-electron chi connectivity index (χ2n) is 9.31. The topological polar surface area (TPSA) is 104 Å². The Balaban J connectivity index is 1.29. The molecule has 1 aliphatic heterocycles. The Labute approximate surface area is 200 Å². The van der Waals surface area contributed by atoms with Crippen molar-refractivity contribution in [2.75, 3.05) is 30.9 Å². The summed E-state index contributed by atoms with van der Waals surface area (Å²) in [7, 11) is 1.57. The maximum atomic E-state index is 12.9. The lowest BCUT2D eigenvalue weighted by molar-refractivity contribution is -0.138. The molecule has 2 aromatic rings. The molecule has 182 valence electrons. The molecule has 1 atom stereocenters. The number of rotatable bonds is 6. The van der Waals surface area contributed by atoms with Gasteiger partial charge in [-0.05, 0) is 75.3 Å². The second-order valence-corrected chi connectivity index (χ2v) is 9.31. The zero-order valence-corrected chi connectivity index (χ0v) is 19.9. The van der Waals surface area contributed by atoms with E-state index in [0.29, 0.717) is 23.0 Å². The maximum absolute atomic E-state index is 12.9. The monoisotopic (exact) mass is 466 g/mol. The summed E-state index contributed by atoms with van der Waals surface area (Å²) in [6.45, 7) is 2.78. The highest BCUT2D eigenvalue weighted by molar-refractivity contribution is 6.00. The molecular weight excluding hydrogens is 432 g/mol. The number of carbonyl (C=O) groups is 2. The molecule has 1 aliphatic carbocycles. The Morgan fingerprint density at radius 1 is 1.12 bits per heavy atom. The maximum Gasteiger partial charge on any atom is 0.323 e. The molecule has 0 radical (unpaired) electrons. The number of nitrogens with zero attached hydrogens (tertiary/aromatic N) is 2. The van der Waals surface area contributed by atoms with Gasteiger partial charge in [-0.3, -0.25) is 9.78 Å². The average molecular weight is 467 g/mol. The van der Waals surface area contributed by atoms with Gasteiger partial charge in [0, 0.05) is 24.1 Å². The molecule has 4 rings (SSSR count). The second kappa shape index (κ2) is 10.9. The van der Waals surface area contributed by atoms with Crippen molar-refractivity contribution in [1.29, 1.82) is 0 Å². The number of methoxy groups -OCH3 is 1. The van der Waals surface area contributed by atoms with Crippen LogP contribution in [0.5, 0.6) is 5.75 Å². The van der Waals surface area contributed by atoms with E-state index < -0.39 is 0 Å². The first-order chi connectivity index (χ1) is 16.5. The van der Waals surface area contributed by atoms with Crippen molar-refractivity contribution in [3.8, 4) is 5.75 Å². The number of hydrogen-bond donors (Lipinski definition) is 3. The van der Waals surface area contributed by atoms with Gasteiger partial charge in [0.1, 0.15) is 5.75 Å². The highest BCUT2D eigenvalue weighted by atomic mass is 16.5. The van der Waals surface area contributed by atoms with E-state index in [0.717, 1.165) is 56.3 Å². The Hall–Kier alpha value is -3.13. The molecule has 3 amide bonds. The Kier molecular flexibility index (Phi) is 7.67. The molecule has 8 nitrogen and oxygen atoms in total. The first-order valence-electron chi connectivity index (χ1n) is 12.1. The van der Waals surface area contributed by atoms with Gasteiger partial charge in [-0.25, -0.2) is 4.79 Å². The van der Waals surface area contributed by atoms with Crippen LogP contribution in [0.2, 0.25) is 0 Å². The highest BCUT2D eigenvalue weighted by Gasteiger charge is 2.35. The largest absolute Gasteiger partial charge is 0.495 e. The van der Waals surface area contributed by atoms with Crippen LogP contribution in [0, 0.1) is 12.8 Å². The predicted octanol–water partition coefficient (Wildman–Crippen LogP) is 4.30. The molecule has 2 fully saturated rings. The van der Waals surface area contributed by atoms with Crippen molar-refractivity contribution in [1.82, 2.24) is 9.88 Å². The molecule has 0 unspecified atom stereocenters. The number of benzene rings is 1. The van der Waals surface area contributed by atoms with Gasteiger partial charge in [0.05, 0.1) is 37.3 Å². The number of anilines is 2. The normalized spacial score (nSPS) is 22.3. The van der Waals surface area contributed by atoms with Crippen molar-refractivity contribution in [2.24, 2.45) is 5.92 Å². The predicted molar refractivity (Wildman–Crippen MR) is 131 cm³/mol. The van der Waals surface area contributed by atoms with Gasteiger partial charge in [-0.1, -0.05) is 6.07 Å². The molecule has 1 aromatic heterocycles. The fourth-order valence-corrected chi connectivity index (χ4v) is 5.11. The van der Waals surface area contributed by atoms with E-state index >= 15 is 0 Å². The lowest BCUT2D eigenvalue weighted by Crippen LogP contribution is -2.42. The first kappa shape index (κ1) is 24.0. The number of hydrogen-bond acceptors (Lipinski definition) is 5. The lowest BCUT2D eigenvalue weighted by Gasteiger charge is -2.32. The third-order valence-corrected chi connectivity index (χ3v) is 7.01. The molecule has 1 aromatic carbocycles. The van der Waals surface area contributed by atoms with Gasteiger partial charge in [0.2, 0.25) is 5.91 Å². The van der Waals surface area contributed by atoms with Crippen molar-refractivity contribution in [3.63, 3.8) is 0 Å². The third kappa shape index (κ3) is 5.50. The van der Waals surface area contributed by atoms with Crippen LogP contribution in [-0.4, -0.2) is 53.2 Å². The molecule has 2 aliphatic rings. The SMILES string of the molecule is COc1ccc(C)cc1NC(=O)Nc1ccc([C@H]2CC[C@H](C(=O)N3CCC[C@H]3CO)CC2)nc1. The fraction of sp³-hybridized carbons (Fsp3) is 0.500. The minimum absolute atomic E-state index is 0.00358. The summed E-state index contributed by atoms with van der Waals surface area (Å²) in [6.07, 6.45) is 7.09.